The third kappa shape index (κ3) is 3.40. The van der Waals surface area contributed by atoms with Crippen LogP contribution in [-0.2, 0) is 28.8 Å². The van der Waals surface area contributed by atoms with Gasteiger partial charge in [-0.3, -0.25) is 18.4 Å². The summed E-state index contributed by atoms with van der Waals surface area (Å²) >= 11 is 0. The van der Waals surface area contributed by atoms with Crippen LogP contribution in [0.15, 0.2) is 104 Å². The molecule has 16 heteroatoms. The average molecular weight is 727 g/mol. The molecule has 52 heavy (non-hydrogen) atoms. The smallest absolute Gasteiger partial charge is 0.268 e. The first-order valence-corrected chi connectivity index (χ1v) is 18.5. The fourth-order valence-electron chi connectivity index (χ4n) is 8.17. The molecule has 14 nitrogen and oxygen atoms in total. The number of hydrogen-bond donors (Lipinski definition) is 2. The van der Waals surface area contributed by atoms with Crippen molar-refractivity contribution in [1.82, 2.24) is 18.8 Å². The summed E-state index contributed by atoms with van der Waals surface area (Å²) in [4.78, 5) is 37.5. The second-order valence-electron chi connectivity index (χ2n) is 12.7. The lowest BCUT2D eigenvalue weighted by Crippen LogP contribution is -2.14. The topological polar surface area (TPSA) is 208 Å². The summed E-state index contributed by atoms with van der Waals surface area (Å²) in [5.74, 6) is 10.00. The van der Waals surface area contributed by atoms with Gasteiger partial charge in [-0.15, -0.1) is 0 Å². The van der Waals surface area contributed by atoms with E-state index in [-0.39, 0.29) is 31.9 Å². The first kappa shape index (κ1) is 29.6. The molecule has 0 saturated carbocycles. The van der Waals surface area contributed by atoms with Crippen LogP contribution in [0.4, 0.5) is 0 Å². The van der Waals surface area contributed by atoms with Crippen LogP contribution in [-0.4, -0.2) is 35.6 Å². The maximum atomic E-state index is 14.2. The third-order valence-electron chi connectivity index (χ3n) is 10.3. The lowest BCUT2D eigenvalue weighted by atomic mass is 9.86. The van der Waals surface area contributed by atoms with Gasteiger partial charge in [-0.25, -0.2) is 9.97 Å². The van der Waals surface area contributed by atoms with E-state index in [2.05, 4.69) is 8.57 Å². The molecule has 11 aromatic rings. The molecule has 0 unspecified atom stereocenters. The highest BCUT2D eigenvalue weighted by atomic mass is 32.2. The first-order valence-electron chi connectivity index (χ1n) is 15.6. The molecule has 11 rings (SSSR count). The summed E-state index contributed by atoms with van der Waals surface area (Å²) in [7, 11) is -8.41. The second-order valence-corrected chi connectivity index (χ2v) is 15.8. The molecular formula is C36H18N6O8S2. The van der Waals surface area contributed by atoms with E-state index in [1.165, 1.54) is 45.2 Å². The Balaban J connectivity index is 1.26. The van der Waals surface area contributed by atoms with Crippen LogP contribution in [0.1, 0.15) is 0 Å². The van der Waals surface area contributed by atoms with E-state index >= 15 is 0 Å². The normalized spacial score (nSPS) is 13.4. The number of fused-ring (bicyclic) bond motifs is 10. The Hall–Kier alpha value is -6.14. The quantitative estimate of drug-likeness (QED) is 0.147. The number of nitrogens with two attached hydrogens (primary N) is 2. The maximum Gasteiger partial charge on any atom is 0.312 e. The molecule has 0 radical (unpaired) electrons. The van der Waals surface area contributed by atoms with Crippen molar-refractivity contribution in [2.45, 2.75) is 9.79 Å². The number of rotatable bonds is 4. The van der Waals surface area contributed by atoms with Crippen molar-refractivity contribution in [3.8, 4) is 0 Å². The van der Waals surface area contributed by atoms with Gasteiger partial charge >= 0.3 is 20.2 Å². The standard InChI is InChI=1S/C36H18N6O8S2/c37-49-51(45,46)15-1-11-27-25(13-15)39-33-21-7-3-17-20-6-10-24-32-22(34-40-26-14-16(52(47,48)50-38)2-12-28(26)42(34)36(24)44)8-4-18(30(20)32)19-5-9-23(31(21)29(17)19)35(43)41(27)33/h1-14H,37-38H2. The summed E-state index contributed by atoms with van der Waals surface area (Å²) in [6.07, 6.45) is 0. The summed E-state index contributed by atoms with van der Waals surface area (Å²) in [6, 6.07) is 23.4. The van der Waals surface area contributed by atoms with Gasteiger partial charge in [-0.1, -0.05) is 24.3 Å². The zero-order valence-electron chi connectivity index (χ0n) is 26.1. The van der Waals surface area contributed by atoms with Crippen molar-refractivity contribution in [3.05, 3.63) is 106 Å². The Morgan fingerprint density at radius 3 is 1.15 bits per heavy atom. The molecule has 0 bridgehead atoms. The minimum atomic E-state index is -4.21. The van der Waals surface area contributed by atoms with E-state index in [4.69, 9.17) is 21.8 Å². The minimum Gasteiger partial charge on any atom is -0.268 e. The van der Waals surface area contributed by atoms with Gasteiger partial charge in [0.05, 0.1) is 31.9 Å². The van der Waals surface area contributed by atoms with Gasteiger partial charge in [0.15, 0.2) is 0 Å². The number of pyridine rings is 2. The molecule has 252 valence electrons. The van der Waals surface area contributed by atoms with Crippen molar-refractivity contribution in [3.63, 3.8) is 0 Å². The maximum absolute atomic E-state index is 14.2. The first-order chi connectivity index (χ1) is 25.0. The van der Waals surface area contributed by atoms with Gasteiger partial charge in [0, 0.05) is 32.3 Å². The number of benzene rings is 7. The monoisotopic (exact) mass is 726 g/mol. The summed E-state index contributed by atoms with van der Waals surface area (Å²) < 4.78 is 60.6. The SMILES string of the molecule is NOS(=O)(=O)c1ccc2c(c1)nc1c3ccc4c5ccc6c(=O)n7c8ccc(S(=O)(=O)ON)cc8nc7c7ccc(c8ccc(c(=O)n21)c3c84)c5c67. The Labute approximate surface area is 288 Å². The number of nitrogens with zero attached hydrogens (tertiary/aromatic N) is 4. The zero-order chi connectivity index (χ0) is 35.6. The van der Waals surface area contributed by atoms with Gasteiger partial charge < -0.3 is 0 Å². The summed E-state index contributed by atoms with van der Waals surface area (Å²) in [6.45, 7) is 0. The van der Waals surface area contributed by atoms with Crippen LogP contribution in [0, 0.1) is 0 Å². The van der Waals surface area contributed by atoms with Gasteiger partial charge in [0.1, 0.15) is 11.3 Å². The van der Waals surface area contributed by atoms with E-state index in [1.807, 2.05) is 36.4 Å². The number of imidazole rings is 2. The Morgan fingerprint density at radius 1 is 0.462 bits per heavy atom. The van der Waals surface area contributed by atoms with E-state index in [9.17, 15) is 26.4 Å². The fraction of sp³-hybridized carbons (Fsp3) is 0. The van der Waals surface area contributed by atoms with Crippen LogP contribution in [0.25, 0.3) is 98.0 Å². The lowest BCUT2D eigenvalue weighted by Gasteiger charge is -2.18. The molecule has 0 fully saturated rings. The molecule has 4 aromatic heterocycles. The van der Waals surface area contributed by atoms with Crippen molar-refractivity contribution >= 4 is 118 Å². The van der Waals surface area contributed by atoms with Crippen LogP contribution >= 0.6 is 0 Å². The third-order valence-corrected chi connectivity index (χ3v) is 12.5. The highest BCUT2D eigenvalue weighted by Gasteiger charge is 2.25. The molecule has 0 amide bonds. The molecule has 0 spiro atoms. The van der Waals surface area contributed by atoms with E-state index in [1.54, 1.807) is 12.1 Å². The van der Waals surface area contributed by atoms with Crippen LogP contribution in [0.3, 0.4) is 0 Å². The zero-order valence-corrected chi connectivity index (χ0v) is 27.7. The molecule has 4 heterocycles. The van der Waals surface area contributed by atoms with Gasteiger partial charge in [-0.05, 0) is 93.0 Å². The summed E-state index contributed by atoms with van der Waals surface area (Å²) in [5.41, 5.74) is 1.54. The lowest BCUT2D eigenvalue weighted by molar-refractivity contribution is 0.332. The van der Waals surface area contributed by atoms with Crippen molar-refractivity contribution in [2.24, 2.45) is 11.8 Å². The average Bonchev–Trinajstić information content (AvgIpc) is 3.74. The fourth-order valence-corrected chi connectivity index (χ4v) is 9.38. The van der Waals surface area contributed by atoms with Crippen LogP contribution < -0.4 is 22.9 Å². The van der Waals surface area contributed by atoms with E-state index in [0.29, 0.717) is 54.6 Å². The minimum absolute atomic E-state index is 0.190. The van der Waals surface area contributed by atoms with Crippen molar-refractivity contribution in [2.75, 3.05) is 0 Å². The Kier molecular flexibility index (Phi) is 5.34. The van der Waals surface area contributed by atoms with Gasteiger partial charge in [0.2, 0.25) is 0 Å². The number of hydrogen-bond acceptors (Lipinski definition) is 12. The summed E-state index contributed by atoms with van der Waals surface area (Å²) in [5, 5.41) is 8.89. The molecule has 0 aliphatic rings. The Morgan fingerprint density at radius 2 is 0.788 bits per heavy atom. The molecule has 0 atom stereocenters. The van der Waals surface area contributed by atoms with Crippen molar-refractivity contribution < 1.29 is 25.4 Å². The van der Waals surface area contributed by atoms with Crippen molar-refractivity contribution in [1.29, 1.82) is 0 Å². The molecule has 0 aliphatic heterocycles. The molecule has 7 aromatic carbocycles. The largest absolute Gasteiger partial charge is 0.312 e. The predicted molar refractivity (Wildman–Crippen MR) is 195 cm³/mol. The van der Waals surface area contributed by atoms with Crippen LogP contribution in [0.2, 0.25) is 0 Å². The van der Waals surface area contributed by atoms with Gasteiger partial charge in [-0.2, -0.15) is 37.2 Å². The number of aromatic nitrogens is 4. The highest BCUT2D eigenvalue weighted by molar-refractivity contribution is 7.87. The van der Waals surface area contributed by atoms with E-state index < -0.39 is 20.2 Å². The second kappa shape index (κ2) is 9.39. The van der Waals surface area contributed by atoms with E-state index in [0.717, 1.165) is 32.3 Å². The highest BCUT2D eigenvalue weighted by Crippen LogP contribution is 2.45. The molecular weight excluding hydrogens is 709 g/mol. The Bertz CT molecular complexity index is 3540. The molecule has 0 saturated heterocycles. The van der Waals surface area contributed by atoms with Gasteiger partial charge in [0.25, 0.3) is 11.1 Å². The molecule has 4 N–H and O–H groups in total. The molecule has 0 aliphatic carbocycles. The predicted octanol–water partition coefficient (Wildman–Crippen LogP) is 4.40. The van der Waals surface area contributed by atoms with Crippen LogP contribution in [0.5, 0.6) is 0 Å².